The summed E-state index contributed by atoms with van der Waals surface area (Å²) >= 11 is 0. The van der Waals surface area contributed by atoms with Gasteiger partial charge in [-0.15, -0.1) is 0 Å². The molecule has 0 spiro atoms. The minimum absolute atomic E-state index is 0.120. The molecule has 3 aromatic carbocycles. The van der Waals surface area contributed by atoms with Crippen LogP contribution in [0.3, 0.4) is 0 Å². The van der Waals surface area contributed by atoms with E-state index < -0.39 is 12.1 Å². The fourth-order valence-electron chi connectivity index (χ4n) is 2.86. The van der Waals surface area contributed by atoms with Gasteiger partial charge in [0.15, 0.2) is 0 Å². The van der Waals surface area contributed by atoms with Gasteiger partial charge in [-0.2, -0.15) is 0 Å². The molecule has 0 saturated carbocycles. The van der Waals surface area contributed by atoms with Crippen LogP contribution < -0.4 is 10.1 Å². The number of ether oxygens (including phenoxy) is 1. The van der Waals surface area contributed by atoms with E-state index in [0.29, 0.717) is 0 Å². The quantitative estimate of drug-likeness (QED) is 0.469. The third kappa shape index (κ3) is 4.08. The van der Waals surface area contributed by atoms with Gasteiger partial charge < -0.3 is 25.4 Å². The van der Waals surface area contributed by atoms with Gasteiger partial charge in [0.05, 0.1) is 19.3 Å². The molecule has 132 valence electrons. The Kier molecular flexibility index (Phi) is 5.83. The average Bonchev–Trinajstić information content (AvgIpc) is 2.66. The van der Waals surface area contributed by atoms with Gasteiger partial charge in [0.25, 0.3) is 0 Å². The summed E-state index contributed by atoms with van der Waals surface area (Å²) in [6, 6.07) is 17.7. The van der Waals surface area contributed by atoms with E-state index in [0.717, 1.165) is 27.3 Å². The molecule has 0 heterocycles. The Morgan fingerprint density at radius 2 is 1.44 bits per heavy atom. The maximum absolute atomic E-state index is 10.1. The Bertz CT molecular complexity index is 778. The van der Waals surface area contributed by atoms with Crippen LogP contribution in [0.2, 0.25) is 0 Å². The first-order valence-electron chi connectivity index (χ1n) is 8.39. The van der Waals surface area contributed by atoms with Crippen molar-refractivity contribution in [3.63, 3.8) is 0 Å². The zero-order valence-electron chi connectivity index (χ0n) is 13.9. The molecule has 5 nitrogen and oxygen atoms in total. The lowest BCUT2D eigenvalue weighted by Crippen LogP contribution is -2.41. The van der Waals surface area contributed by atoms with Crippen LogP contribution in [0.5, 0.6) is 5.75 Å². The van der Waals surface area contributed by atoms with Crippen molar-refractivity contribution in [3.8, 4) is 5.75 Å². The molecule has 0 aliphatic carbocycles. The highest BCUT2D eigenvalue weighted by Gasteiger charge is 2.13. The van der Waals surface area contributed by atoms with Crippen LogP contribution in [-0.2, 0) is 0 Å². The van der Waals surface area contributed by atoms with E-state index in [-0.39, 0.29) is 26.4 Å². The number of fused-ring (bicyclic) bond motifs is 2. The molecule has 5 heteroatoms. The molecule has 0 unspecified atom stereocenters. The standard InChI is InChI=1S/C20H23NO4/c22-11-16(12-23)21-10-17(24)13-25-20-18-7-3-1-5-14(18)9-15-6-2-4-8-19(15)20/h1-9,16-17,21-24H,10-13H2/t17-/m1/s1. The molecule has 0 fully saturated rings. The maximum Gasteiger partial charge on any atom is 0.135 e. The van der Waals surface area contributed by atoms with Gasteiger partial charge in [0.1, 0.15) is 18.5 Å². The zero-order chi connectivity index (χ0) is 17.6. The number of benzene rings is 3. The van der Waals surface area contributed by atoms with Crippen LogP contribution in [0, 0.1) is 0 Å². The summed E-state index contributed by atoms with van der Waals surface area (Å²) in [5, 5.41) is 35.3. The summed E-state index contributed by atoms with van der Waals surface area (Å²) in [6.45, 7) is -0.0147. The van der Waals surface area contributed by atoms with Crippen molar-refractivity contribution in [1.29, 1.82) is 0 Å². The summed E-state index contributed by atoms with van der Waals surface area (Å²) in [4.78, 5) is 0. The Morgan fingerprint density at radius 1 is 0.880 bits per heavy atom. The lowest BCUT2D eigenvalue weighted by Gasteiger charge is -2.19. The van der Waals surface area contributed by atoms with Crippen LogP contribution in [0.1, 0.15) is 0 Å². The number of aliphatic hydroxyl groups is 3. The molecule has 0 aromatic heterocycles. The maximum atomic E-state index is 10.1. The molecule has 0 saturated heterocycles. The second-order valence-corrected chi connectivity index (χ2v) is 6.08. The predicted octanol–water partition coefficient (Wildman–Crippen LogP) is 1.68. The summed E-state index contributed by atoms with van der Waals surface area (Å²) in [5.41, 5.74) is 0. The largest absolute Gasteiger partial charge is 0.490 e. The number of aliphatic hydroxyl groups excluding tert-OH is 3. The second kappa shape index (κ2) is 8.27. The van der Waals surface area contributed by atoms with Crippen molar-refractivity contribution in [1.82, 2.24) is 5.32 Å². The van der Waals surface area contributed by atoms with Gasteiger partial charge in [-0.25, -0.2) is 0 Å². The summed E-state index contributed by atoms with van der Waals surface area (Å²) < 4.78 is 5.98. The van der Waals surface area contributed by atoms with Gasteiger partial charge in [0.2, 0.25) is 0 Å². The van der Waals surface area contributed by atoms with E-state index in [1.807, 2.05) is 48.5 Å². The first-order valence-corrected chi connectivity index (χ1v) is 8.39. The highest BCUT2D eigenvalue weighted by atomic mass is 16.5. The van der Waals surface area contributed by atoms with Gasteiger partial charge in [-0.3, -0.25) is 0 Å². The molecule has 3 aromatic rings. The third-order valence-corrected chi connectivity index (χ3v) is 4.22. The Balaban J connectivity index is 1.80. The summed E-state index contributed by atoms with van der Waals surface area (Å²) in [5.74, 6) is 0.758. The summed E-state index contributed by atoms with van der Waals surface area (Å²) in [7, 11) is 0. The molecule has 0 amide bonds. The Hall–Kier alpha value is -2.18. The highest BCUT2D eigenvalue weighted by Crippen LogP contribution is 2.34. The van der Waals surface area contributed by atoms with Crippen molar-refractivity contribution in [2.24, 2.45) is 0 Å². The molecule has 0 aliphatic heterocycles. The average molecular weight is 341 g/mol. The molecule has 0 bridgehead atoms. The van der Waals surface area contributed by atoms with Gasteiger partial charge in [-0.05, 0) is 16.8 Å². The number of hydrogen-bond acceptors (Lipinski definition) is 5. The van der Waals surface area contributed by atoms with E-state index in [1.165, 1.54) is 0 Å². The first-order chi connectivity index (χ1) is 12.2. The number of nitrogens with one attached hydrogen (secondary N) is 1. The van der Waals surface area contributed by atoms with Crippen molar-refractivity contribution in [2.75, 3.05) is 26.4 Å². The van der Waals surface area contributed by atoms with Gasteiger partial charge in [-0.1, -0.05) is 48.5 Å². The molecule has 1 atom stereocenters. The fourth-order valence-corrected chi connectivity index (χ4v) is 2.86. The second-order valence-electron chi connectivity index (χ2n) is 6.08. The lowest BCUT2D eigenvalue weighted by atomic mass is 10.0. The van der Waals surface area contributed by atoms with Gasteiger partial charge >= 0.3 is 0 Å². The molecule has 25 heavy (non-hydrogen) atoms. The zero-order valence-corrected chi connectivity index (χ0v) is 13.9. The van der Waals surface area contributed by atoms with E-state index in [9.17, 15) is 5.11 Å². The SMILES string of the molecule is OCC(CO)NC[C@@H](O)COc1c2ccccc2cc2ccccc12. The van der Waals surface area contributed by atoms with Crippen molar-refractivity contribution in [3.05, 3.63) is 54.6 Å². The van der Waals surface area contributed by atoms with Crippen LogP contribution in [0.25, 0.3) is 21.5 Å². The fraction of sp³-hybridized carbons (Fsp3) is 0.300. The topological polar surface area (TPSA) is 82.0 Å². The minimum atomic E-state index is -0.752. The number of rotatable bonds is 8. The van der Waals surface area contributed by atoms with Crippen molar-refractivity contribution in [2.45, 2.75) is 12.1 Å². The predicted molar refractivity (Wildman–Crippen MR) is 98.9 cm³/mol. The normalized spacial score (nSPS) is 12.8. The van der Waals surface area contributed by atoms with Gasteiger partial charge in [0, 0.05) is 17.3 Å². The first kappa shape index (κ1) is 17.6. The molecule has 3 rings (SSSR count). The van der Waals surface area contributed by atoms with E-state index in [4.69, 9.17) is 14.9 Å². The van der Waals surface area contributed by atoms with Crippen LogP contribution >= 0.6 is 0 Å². The lowest BCUT2D eigenvalue weighted by molar-refractivity contribution is 0.0941. The van der Waals surface area contributed by atoms with Crippen molar-refractivity contribution < 1.29 is 20.1 Å². The Morgan fingerprint density at radius 3 is 2.00 bits per heavy atom. The highest BCUT2D eigenvalue weighted by molar-refractivity contribution is 6.05. The third-order valence-electron chi connectivity index (χ3n) is 4.22. The molecular formula is C20H23NO4. The van der Waals surface area contributed by atoms with E-state index >= 15 is 0 Å². The van der Waals surface area contributed by atoms with Crippen LogP contribution in [-0.4, -0.2) is 53.8 Å². The van der Waals surface area contributed by atoms with Crippen molar-refractivity contribution >= 4 is 21.5 Å². The monoisotopic (exact) mass is 341 g/mol. The molecular weight excluding hydrogens is 318 g/mol. The Labute approximate surface area is 146 Å². The molecule has 0 radical (unpaired) electrons. The summed E-state index contributed by atoms with van der Waals surface area (Å²) in [6.07, 6.45) is -0.752. The molecule has 0 aliphatic rings. The minimum Gasteiger partial charge on any atom is -0.490 e. The van der Waals surface area contributed by atoms with Crippen LogP contribution in [0.4, 0.5) is 0 Å². The van der Waals surface area contributed by atoms with E-state index in [1.54, 1.807) is 0 Å². The molecule has 4 N–H and O–H groups in total. The van der Waals surface area contributed by atoms with E-state index in [2.05, 4.69) is 11.4 Å². The smallest absolute Gasteiger partial charge is 0.135 e. The van der Waals surface area contributed by atoms with Crippen LogP contribution in [0.15, 0.2) is 54.6 Å². The number of hydrogen-bond donors (Lipinski definition) is 4.